The molecule has 5 rings (SSSR count). The number of benzene rings is 1. The van der Waals surface area contributed by atoms with Gasteiger partial charge in [-0.05, 0) is 56.6 Å². The number of aromatic nitrogens is 1. The van der Waals surface area contributed by atoms with E-state index in [1.165, 1.54) is 0 Å². The van der Waals surface area contributed by atoms with Crippen molar-refractivity contribution in [3.8, 4) is 22.8 Å². The lowest BCUT2D eigenvalue weighted by atomic mass is 9.71. The molecule has 2 atom stereocenters. The molecule has 148 valence electrons. The highest BCUT2D eigenvalue weighted by atomic mass is 16.7. The Balaban J connectivity index is 1.41. The van der Waals surface area contributed by atoms with Crippen molar-refractivity contribution in [3.05, 3.63) is 36.4 Å². The van der Waals surface area contributed by atoms with E-state index >= 15 is 0 Å². The van der Waals surface area contributed by atoms with Crippen molar-refractivity contribution in [1.82, 2.24) is 9.88 Å². The lowest BCUT2D eigenvalue weighted by molar-refractivity contribution is -0.0466. The van der Waals surface area contributed by atoms with Crippen LogP contribution >= 0.6 is 0 Å². The summed E-state index contributed by atoms with van der Waals surface area (Å²) < 4.78 is 10.9. The van der Waals surface area contributed by atoms with Crippen LogP contribution in [0.25, 0.3) is 11.3 Å². The van der Waals surface area contributed by atoms with Gasteiger partial charge < -0.3 is 24.4 Å². The number of aliphatic hydroxyl groups excluding tert-OH is 1. The molecule has 2 fully saturated rings. The molecule has 0 saturated carbocycles. The van der Waals surface area contributed by atoms with Gasteiger partial charge in [-0.15, -0.1) is 0 Å². The summed E-state index contributed by atoms with van der Waals surface area (Å²) in [5.74, 6) is 2.54. The second-order valence-corrected chi connectivity index (χ2v) is 8.38. The molecule has 0 unspecified atom stereocenters. The molecular formula is C22H27N3O3. The lowest BCUT2D eigenvalue weighted by Crippen LogP contribution is -2.58. The number of aliphatic hydroxyl groups is 1. The molecule has 0 bridgehead atoms. The monoisotopic (exact) mass is 381 g/mol. The average molecular weight is 381 g/mol. The third-order valence-electron chi connectivity index (χ3n) is 6.41. The van der Waals surface area contributed by atoms with E-state index in [1.807, 2.05) is 24.3 Å². The van der Waals surface area contributed by atoms with Crippen molar-refractivity contribution in [2.75, 3.05) is 44.9 Å². The fourth-order valence-electron chi connectivity index (χ4n) is 4.94. The van der Waals surface area contributed by atoms with Crippen LogP contribution in [0.5, 0.6) is 11.5 Å². The van der Waals surface area contributed by atoms with Gasteiger partial charge in [-0.3, -0.25) is 0 Å². The van der Waals surface area contributed by atoms with Crippen LogP contribution in [0.15, 0.2) is 36.4 Å². The Morgan fingerprint density at radius 2 is 2.00 bits per heavy atom. The number of hydrogen-bond acceptors (Lipinski definition) is 6. The molecule has 4 heterocycles. The van der Waals surface area contributed by atoms with Gasteiger partial charge in [0.1, 0.15) is 5.82 Å². The maximum absolute atomic E-state index is 10.8. The number of piperidine rings is 2. The first-order valence-corrected chi connectivity index (χ1v) is 10.1. The van der Waals surface area contributed by atoms with Crippen LogP contribution in [-0.4, -0.2) is 61.1 Å². The Kier molecular flexibility index (Phi) is 4.40. The summed E-state index contributed by atoms with van der Waals surface area (Å²) in [4.78, 5) is 9.65. The fraction of sp³-hybridized carbons (Fsp3) is 0.500. The van der Waals surface area contributed by atoms with Gasteiger partial charge in [0.05, 0.1) is 11.8 Å². The van der Waals surface area contributed by atoms with Crippen LogP contribution in [0.3, 0.4) is 0 Å². The molecule has 28 heavy (non-hydrogen) atoms. The molecule has 2 saturated heterocycles. The van der Waals surface area contributed by atoms with Crippen molar-refractivity contribution in [1.29, 1.82) is 0 Å². The van der Waals surface area contributed by atoms with E-state index in [0.29, 0.717) is 0 Å². The van der Waals surface area contributed by atoms with E-state index in [9.17, 15) is 5.11 Å². The topological polar surface area (TPSA) is 58.1 Å². The van der Waals surface area contributed by atoms with Gasteiger partial charge in [0.25, 0.3) is 0 Å². The van der Waals surface area contributed by atoms with Crippen LogP contribution < -0.4 is 14.4 Å². The summed E-state index contributed by atoms with van der Waals surface area (Å²) >= 11 is 0. The Morgan fingerprint density at radius 1 is 1.11 bits per heavy atom. The third-order valence-corrected chi connectivity index (χ3v) is 6.41. The molecular weight excluding hydrogens is 354 g/mol. The van der Waals surface area contributed by atoms with Gasteiger partial charge >= 0.3 is 0 Å². The Hall–Kier alpha value is -2.31. The van der Waals surface area contributed by atoms with Crippen LogP contribution in [0, 0.1) is 5.41 Å². The molecule has 1 N–H and O–H groups in total. The van der Waals surface area contributed by atoms with E-state index in [0.717, 1.165) is 74.0 Å². The summed E-state index contributed by atoms with van der Waals surface area (Å²) in [6.07, 6.45) is 2.79. The normalized spacial score (nSPS) is 27.4. The summed E-state index contributed by atoms with van der Waals surface area (Å²) in [5, 5.41) is 10.8. The molecule has 2 aromatic rings. The number of pyridine rings is 1. The Morgan fingerprint density at radius 3 is 2.93 bits per heavy atom. The van der Waals surface area contributed by atoms with Gasteiger partial charge in [0, 0.05) is 37.2 Å². The largest absolute Gasteiger partial charge is 0.454 e. The molecule has 0 radical (unpaired) electrons. The zero-order valence-electron chi connectivity index (χ0n) is 16.3. The van der Waals surface area contributed by atoms with Gasteiger partial charge in [-0.2, -0.15) is 0 Å². The first kappa shape index (κ1) is 17.8. The van der Waals surface area contributed by atoms with Crippen molar-refractivity contribution in [2.45, 2.75) is 25.4 Å². The number of ether oxygens (including phenoxy) is 2. The minimum Gasteiger partial charge on any atom is -0.454 e. The molecule has 0 amide bonds. The zero-order chi connectivity index (χ0) is 19.1. The smallest absolute Gasteiger partial charge is 0.231 e. The molecule has 3 aliphatic heterocycles. The third kappa shape index (κ3) is 3.10. The van der Waals surface area contributed by atoms with Crippen LogP contribution in [0.2, 0.25) is 0 Å². The van der Waals surface area contributed by atoms with E-state index in [-0.39, 0.29) is 18.3 Å². The van der Waals surface area contributed by atoms with E-state index in [2.05, 4.69) is 29.0 Å². The number of rotatable bonds is 2. The molecule has 3 aliphatic rings. The average Bonchev–Trinajstić information content (AvgIpc) is 3.19. The molecule has 1 aromatic carbocycles. The predicted molar refractivity (Wildman–Crippen MR) is 108 cm³/mol. The molecule has 1 spiro atoms. The predicted octanol–water partition coefficient (Wildman–Crippen LogP) is 2.76. The van der Waals surface area contributed by atoms with Gasteiger partial charge in [-0.25, -0.2) is 4.98 Å². The summed E-state index contributed by atoms with van der Waals surface area (Å²) in [6, 6.07) is 12.1. The molecule has 0 aliphatic carbocycles. The number of fused-ring (bicyclic) bond motifs is 1. The van der Waals surface area contributed by atoms with Gasteiger partial charge in [-0.1, -0.05) is 6.07 Å². The van der Waals surface area contributed by atoms with Crippen molar-refractivity contribution in [3.63, 3.8) is 0 Å². The lowest BCUT2D eigenvalue weighted by Gasteiger charge is -2.50. The maximum Gasteiger partial charge on any atom is 0.231 e. The van der Waals surface area contributed by atoms with Crippen molar-refractivity contribution < 1.29 is 14.6 Å². The first-order chi connectivity index (χ1) is 13.6. The van der Waals surface area contributed by atoms with E-state index < -0.39 is 0 Å². The van der Waals surface area contributed by atoms with Crippen LogP contribution in [0.4, 0.5) is 5.82 Å². The summed E-state index contributed by atoms with van der Waals surface area (Å²) in [7, 11) is 2.16. The van der Waals surface area contributed by atoms with Crippen molar-refractivity contribution in [2.24, 2.45) is 5.41 Å². The summed E-state index contributed by atoms with van der Waals surface area (Å²) in [6.45, 7) is 4.04. The number of anilines is 1. The molecule has 6 heteroatoms. The highest BCUT2D eigenvalue weighted by Gasteiger charge is 2.44. The van der Waals surface area contributed by atoms with Crippen molar-refractivity contribution >= 4 is 5.82 Å². The number of likely N-dealkylation sites (tertiary alicyclic amines) is 1. The highest BCUT2D eigenvalue weighted by Crippen LogP contribution is 2.40. The van der Waals surface area contributed by atoms with Gasteiger partial charge in [0.2, 0.25) is 6.79 Å². The maximum atomic E-state index is 10.8. The van der Waals surface area contributed by atoms with Crippen LogP contribution in [-0.2, 0) is 0 Å². The van der Waals surface area contributed by atoms with E-state index in [1.54, 1.807) is 0 Å². The SMILES string of the molecule is CN1CC[C@H](O)[C@@]2(CCCN(c3cccc(-c4ccc5c(c4)OCO5)n3)C2)C1. The summed E-state index contributed by atoms with van der Waals surface area (Å²) in [5.41, 5.74) is 1.90. The standard InChI is InChI=1S/C22H27N3O3/c1-24-11-8-20(26)22(13-24)9-3-10-25(14-22)21-5-2-4-17(23-21)16-6-7-18-19(12-16)28-15-27-18/h2,4-7,12,20,26H,3,8-11,13-15H2,1H3/t20-,22-/m0/s1. The first-order valence-electron chi connectivity index (χ1n) is 10.1. The second kappa shape index (κ2) is 6.94. The Labute approximate surface area is 165 Å². The minimum atomic E-state index is -0.233. The minimum absolute atomic E-state index is 0.0539. The highest BCUT2D eigenvalue weighted by molar-refractivity contribution is 5.66. The molecule has 6 nitrogen and oxygen atoms in total. The quantitative estimate of drug-likeness (QED) is 0.863. The zero-order valence-corrected chi connectivity index (χ0v) is 16.3. The fourth-order valence-corrected chi connectivity index (χ4v) is 4.94. The number of hydrogen-bond donors (Lipinski definition) is 1. The number of nitrogens with zero attached hydrogens (tertiary/aromatic N) is 3. The molecule has 1 aromatic heterocycles. The van der Waals surface area contributed by atoms with Gasteiger partial charge in [0.15, 0.2) is 11.5 Å². The van der Waals surface area contributed by atoms with E-state index in [4.69, 9.17) is 14.5 Å². The Bertz CT molecular complexity index is 874. The second-order valence-electron chi connectivity index (χ2n) is 8.38. The van der Waals surface area contributed by atoms with Crippen LogP contribution in [0.1, 0.15) is 19.3 Å².